The lowest BCUT2D eigenvalue weighted by Crippen LogP contribution is -2.47. The van der Waals surface area contributed by atoms with Crippen LogP contribution >= 0.6 is 0 Å². The van der Waals surface area contributed by atoms with Crippen LogP contribution in [0.2, 0.25) is 0 Å². The topological polar surface area (TPSA) is 39.1 Å². The molecule has 0 unspecified atom stereocenters. The fourth-order valence-corrected chi connectivity index (χ4v) is 1.37. The number of nitrogens with zero attached hydrogens (tertiary/aromatic N) is 2. The van der Waals surface area contributed by atoms with Crippen LogP contribution in [0.15, 0.2) is 0 Å². The van der Waals surface area contributed by atoms with Gasteiger partial charge in [-0.2, -0.15) is 18.4 Å². The van der Waals surface area contributed by atoms with E-state index in [2.05, 4.69) is 11.5 Å². The molecule has 0 atom stereocenters. The highest BCUT2D eigenvalue weighted by Gasteiger charge is 2.28. The van der Waals surface area contributed by atoms with E-state index in [9.17, 15) is 13.2 Å². The third-order valence-corrected chi connectivity index (χ3v) is 2.18. The van der Waals surface area contributed by atoms with Crippen LogP contribution in [0.3, 0.4) is 0 Å². The lowest BCUT2D eigenvalue weighted by Gasteiger charge is -2.29. The van der Waals surface area contributed by atoms with Gasteiger partial charge in [-0.25, -0.2) is 10.4 Å². The lowest BCUT2D eigenvalue weighted by atomic mass is 10.00. The number of nitriles is 1. The maximum Gasteiger partial charge on any atom is 0.402 e. The number of hydrazine groups is 1. The van der Waals surface area contributed by atoms with Gasteiger partial charge in [0, 0.05) is 19.0 Å². The summed E-state index contributed by atoms with van der Waals surface area (Å²) in [4.78, 5) is 0. The number of nitrogens with one attached hydrogen (secondary N) is 1. The van der Waals surface area contributed by atoms with Crippen LogP contribution in [0.1, 0.15) is 12.8 Å². The second-order valence-electron chi connectivity index (χ2n) is 3.34. The summed E-state index contributed by atoms with van der Waals surface area (Å²) in [6.45, 7) is 0.0207. The van der Waals surface area contributed by atoms with Gasteiger partial charge in [-0.05, 0) is 12.8 Å². The maximum absolute atomic E-state index is 11.8. The van der Waals surface area contributed by atoms with Gasteiger partial charge in [-0.3, -0.25) is 0 Å². The van der Waals surface area contributed by atoms with Gasteiger partial charge in [0.2, 0.25) is 0 Å². The lowest BCUT2D eigenvalue weighted by molar-refractivity contribution is -0.135. The molecule has 0 aromatic rings. The Morgan fingerprint density at radius 1 is 1.36 bits per heavy atom. The molecule has 3 nitrogen and oxygen atoms in total. The zero-order chi connectivity index (χ0) is 10.6. The van der Waals surface area contributed by atoms with E-state index in [1.807, 2.05) is 0 Å². The van der Waals surface area contributed by atoms with Crippen LogP contribution in [0, 0.1) is 17.2 Å². The Hall–Kier alpha value is -0.800. The first-order valence-electron chi connectivity index (χ1n) is 4.46. The Balaban J connectivity index is 2.20. The van der Waals surface area contributed by atoms with Crippen LogP contribution in [-0.4, -0.2) is 30.8 Å². The molecule has 14 heavy (non-hydrogen) atoms. The smallest absolute Gasteiger partial charge is 0.246 e. The molecular formula is C8H12F3N3. The molecule has 1 rings (SSSR count). The summed E-state index contributed by atoms with van der Waals surface area (Å²) in [5.74, 6) is -0.000985. The molecule has 1 fully saturated rings. The summed E-state index contributed by atoms with van der Waals surface area (Å²) in [5, 5.41) is 10.1. The van der Waals surface area contributed by atoms with Gasteiger partial charge >= 0.3 is 6.18 Å². The molecule has 0 amide bonds. The van der Waals surface area contributed by atoms with Crippen molar-refractivity contribution in [2.45, 2.75) is 19.0 Å². The minimum Gasteiger partial charge on any atom is -0.246 e. The first-order valence-corrected chi connectivity index (χ1v) is 4.46. The zero-order valence-electron chi connectivity index (χ0n) is 7.64. The van der Waals surface area contributed by atoms with Gasteiger partial charge in [-0.15, -0.1) is 0 Å². The van der Waals surface area contributed by atoms with E-state index in [0.29, 0.717) is 25.9 Å². The maximum atomic E-state index is 11.8. The number of rotatable bonds is 2. The van der Waals surface area contributed by atoms with Gasteiger partial charge in [-0.1, -0.05) is 0 Å². The number of halogens is 3. The molecule has 1 N–H and O–H groups in total. The second kappa shape index (κ2) is 4.62. The molecule has 6 heteroatoms. The Labute approximate surface area is 80.5 Å². The molecule has 0 bridgehead atoms. The van der Waals surface area contributed by atoms with E-state index in [1.54, 1.807) is 0 Å². The highest BCUT2D eigenvalue weighted by Crippen LogP contribution is 2.16. The number of hydrogen-bond donors (Lipinski definition) is 1. The third-order valence-electron chi connectivity index (χ3n) is 2.18. The van der Waals surface area contributed by atoms with Gasteiger partial charge in [0.1, 0.15) is 6.54 Å². The van der Waals surface area contributed by atoms with E-state index >= 15 is 0 Å². The predicted octanol–water partition coefficient (Wildman–Crippen LogP) is 1.29. The standard InChI is InChI=1S/C8H12F3N3/c9-8(10,11)6-13-14-3-1-7(5-12)2-4-14/h7,13H,1-4,6H2. The molecule has 0 aromatic heterocycles. The molecule has 1 aliphatic rings. The molecule has 0 saturated carbocycles. The molecule has 80 valence electrons. The second-order valence-corrected chi connectivity index (χ2v) is 3.34. The summed E-state index contributed by atoms with van der Waals surface area (Å²) in [6.07, 6.45) is -2.89. The molecule has 1 aliphatic heterocycles. The average Bonchev–Trinajstić information content (AvgIpc) is 2.14. The van der Waals surface area contributed by atoms with Crippen molar-refractivity contribution in [2.24, 2.45) is 5.92 Å². The van der Waals surface area contributed by atoms with Crippen molar-refractivity contribution >= 4 is 0 Å². The van der Waals surface area contributed by atoms with E-state index in [0.717, 1.165) is 0 Å². The molecule has 0 radical (unpaired) electrons. The van der Waals surface area contributed by atoms with Crippen molar-refractivity contribution < 1.29 is 13.2 Å². The van der Waals surface area contributed by atoms with Crippen molar-refractivity contribution in [1.82, 2.24) is 10.4 Å². The molecule has 1 heterocycles. The number of alkyl halides is 3. The highest BCUT2D eigenvalue weighted by atomic mass is 19.4. The largest absolute Gasteiger partial charge is 0.402 e. The highest BCUT2D eigenvalue weighted by molar-refractivity contribution is 4.86. The zero-order valence-corrected chi connectivity index (χ0v) is 7.64. The SMILES string of the molecule is N#CC1CCN(NCC(F)(F)F)CC1. The van der Waals surface area contributed by atoms with Crippen molar-refractivity contribution in [2.75, 3.05) is 19.6 Å². The molecular weight excluding hydrogens is 195 g/mol. The Bertz CT molecular complexity index is 213. The van der Waals surface area contributed by atoms with Crippen LogP contribution in [0.4, 0.5) is 13.2 Å². The van der Waals surface area contributed by atoms with E-state index in [4.69, 9.17) is 5.26 Å². The molecule has 0 aromatic carbocycles. The van der Waals surface area contributed by atoms with E-state index < -0.39 is 12.7 Å². The summed E-state index contributed by atoms with van der Waals surface area (Å²) in [7, 11) is 0. The minimum atomic E-state index is -4.17. The average molecular weight is 207 g/mol. The first kappa shape index (κ1) is 11.3. The molecule has 1 saturated heterocycles. The van der Waals surface area contributed by atoms with Crippen molar-refractivity contribution in [3.05, 3.63) is 0 Å². The van der Waals surface area contributed by atoms with Crippen LogP contribution in [0.25, 0.3) is 0 Å². The predicted molar refractivity (Wildman–Crippen MR) is 44.0 cm³/mol. The van der Waals surface area contributed by atoms with Gasteiger partial charge < -0.3 is 0 Å². The fraction of sp³-hybridized carbons (Fsp3) is 0.875. The van der Waals surface area contributed by atoms with Crippen molar-refractivity contribution in [3.8, 4) is 6.07 Å². The number of piperidine rings is 1. The summed E-state index contributed by atoms with van der Waals surface area (Å²) in [6, 6.07) is 2.12. The van der Waals surface area contributed by atoms with Gasteiger partial charge in [0.25, 0.3) is 0 Å². The first-order chi connectivity index (χ1) is 6.51. The number of hydrogen-bond acceptors (Lipinski definition) is 3. The van der Waals surface area contributed by atoms with Gasteiger partial charge in [0.15, 0.2) is 0 Å². The Morgan fingerprint density at radius 2 is 1.93 bits per heavy atom. The summed E-state index contributed by atoms with van der Waals surface area (Å²) >= 11 is 0. The monoisotopic (exact) mass is 207 g/mol. The van der Waals surface area contributed by atoms with Crippen molar-refractivity contribution in [1.29, 1.82) is 5.26 Å². The van der Waals surface area contributed by atoms with E-state index in [-0.39, 0.29) is 5.92 Å². The fourth-order valence-electron chi connectivity index (χ4n) is 1.37. The Morgan fingerprint density at radius 3 is 2.36 bits per heavy atom. The van der Waals surface area contributed by atoms with Crippen LogP contribution < -0.4 is 5.43 Å². The van der Waals surface area contributed by atoms with Crippen LogP contribution in [0.5, 0.6) is 0 Å². The summed E-state index contributed by atoms with van der Waals surface area (Å²) < 4.78 is 35.4. The Kier molecular flexibility index (Phi) is 3.72. The molecule has 0 spiro atoms. The van der Waals surface area contributed by atoms with E-state index in [1.165, 1.54) is 5.01 Å². The van der Waals surface area contributed by atoms with Gasteiger partial charge in [0.05, 0.1) is 6.07 Å². The van der Waals surface area contributed by atoms with Crippen molar-refractivity contribution in [3.63, 3.8) is 0 Å². The van der Waals surface area contributed by atoms with Crippen LogP contribution in [-0.2, 0) is 0 Å². The minimum absolute atomic E-state index is 0.000985. The normalized spacial score (nSPS) is 20.7. The summed E-state index contributed by atoms with van der Waals surface area (Å²) in [5.41, 5.74) is 2.31. The quantitative estimate of drug-likeness (QED) is 0.741. The molecule has 0 aliphatic carbocycles. The third kappa shape index (κ3) is 3.94.